The molecule has 3 N–H and O–H groups in total. The van der Waals surface area contributed by atoms with Gasteiger partial charge in [0.1, 0.15) is 0 Å². The number of aromatic carboxylic acids is 1. The van der Waals surface area contributed by atoms with Crippen LogP contribution in [-0.4, -0.2) is 29.6 Å². The maximum atomic E-state index is 12.9. The highest BCUT2D eigenvalue weighted by atomic mass is 16.4. The van der Waals surface area contributed by atoms with Crippen molar-refractivity contribution in [2.75, 3.05) is 11.4 Å². The summed E-state index contributed by atoms with van der Waals surface area (Å²) < 4.78 is 0. The van der Waals surface area contributed by atoms with Crippen molar-refractivity contribution in [1.29, 1.82) is 0 Å². The molecule has 1 aromatic rings. The van der Waals surface area contributed by atoms with Gasteiger partial charge < -0.3 is 15.7 Å². The third-order valence-electron chi connectivity index (χ3n) is 4.99. The first-order chi connectivity index (χ1) is 9.93. The first-order valence-corrected chi connectivity index (χ1v) is 7.37. The summed E-state index contributed by atoms with van der Waals surface area (Å²) in [7, 11) is 0. The fraction of sp³-hybridized carbons (Fsp3) is 0.500. The monoisotopic (exact) mass is 288 g/mol. The smallest absolute Gasteiger partial charge is 0.335 e. The number of carbonyl (C=O) groups excluding carboxylic acids is 1. The van der Waals surface area contributed by atoms with Crippen LogP contribution in [0.1, 0.15) is 42.1 Å². The van der Waals surface area contributed by atoms with E-state index >= 15 is 0 Å². The number of fused-ring (bicyclic) bond motifs is 1. The van der Waals surface area contributed by atoms with Gasteiger partial charge in [-0.15, -0.1) is 0 Å². The Morgan fingerprint density at radius 3 is 2.81 bits per heavy atom. The van der Waals surface area contributed by atoms with Crippen molar-refractivity contribution in [3.05, 3.63) is 29.3 Å². The number of anilines is 1. The van der Waals surface area contributed by atoms with Crippen LogP contribution in [0.3, 0.4) is 0 Å². The predicted molar refractivity (Wildman–Crippen MR) is 79.4 cm³/mol. The minimum atomic E-state index is -0.971. The van der Waals surface area contributed by atoms with Gasteiger partial charge in [-0.3, -0.25) is 4.79 Å². The Bertz CT molecular complexity index is 614. The average molecular weight is 288 g/mol. The molecule has 5 nitrogen and oxygen atoms in total. The molecule has 0 spiro atoms. The summed E-state index contributed by atoms with van der Waals surface area (Å²) in [5, 5.41) is 9.12. The van der Waals surface area contributed by atoms with Crippen LogP contribution in [0, 0.1) is 5.41 Å². The van der Waals surface area contributed by atoms with E-state index in [0.29, 0.717) is 6.54 Å². The largest absolute Gasteiger partial charge is 0.478 e. The molecule has 5 heteroatoms. The van der Waals surface area contributed by atoms with Crippen LogP contribution in [0.4, 0.5) is 5.69 Å². The van der Waals surface area contributed by atoms with Gasteiger partial charge in [-0.1, -0.05) is 12.5 Å². The molecule has 0 aromatic heterocycles. The zero-order chi connectivity index (χ0) is 15.2. The second kappa shape index (κ2) is 4.84. The highest BCUT2D eigenvalue weighted by molar-refractivity contribution is 6.01. The van der Waals surface area contributed by atoms with E-state index in [1.165, 1.54) is 0 Å². The van der Waals surface area contributed by atoms with E-state index in [9.17, 15) is 9.59 Å². The zero-order valence-corrected chi connectivity index (χ0v) is 12.1. The van der Waals surface area contributed by atoms with Gasteiger partial charge in [-0.05, 0) is 43.9 Å². The van der Waals surface area contributed by atoms with Crippen LogP contribution < -0.4 is 10.6 Å². The molecule has 2 unspecified atom stereocenters. The van der Waals surface area contributed by atoms with Crippen LogP contribution in [0.5, 0.6) is 0 Å². The van der Waals surface area contributed by atoms with Crippen molar-refractivity contribution in [1.82, 2.24) is 0 Å². The van der Waals surface area contributed by atoms with E-state index in [4.69, 9.17) is 10.8 Å². The molecule has 112 valence electrons. The number of nitrogens with two attached hydrogens (primary N) is 1. The van der Waals surface area contributed by atoms with E-state index in [1.807, 2.05) is 13.0 Å². The van der Waals surface area contributed by atoms with E-state index in [-0.39, 0.29) is 17.5 Å². The molecule has 1 saturated carbocycles. The van der Waals surface area contributed by atoms with Gasteiger partial charge in [-0.2, -0.15) is 0 Å². The third-order valence-corrected chi connectivity index (χ3v) is 4.99. The Kier molecular flexibility index (Phi) is 3.24. The van der Waals surface area contributed by atoms with Crippen molar-refractivity contribution >= 4 is 17.6 Å². The molecule has 3 rings (SSSR count). The van der Waals surface area contributed by atoms with Gasteiger partial charge >= 0.3 is 5.97 Å². The molecular formula is C16H20N2O3. The number of carboxylic acid groups (broad SMARTS) is 1. The van der Waals surface area contributed by atoms with Gasteiger partial charge in [0.25, 0.3) is 0 Å². The van der Waals surface area contributed by atoms with E-state index in [1.54, 1.807) is 17.0 Å². The van der Waals surface area contributed by atoms with Gasteiger partial charge in [0.05, 0.1) is 11.0 Å². The molecule has 1 aromatic carbocycles. The standard InChI is InChI=1S/C16H20N2O3/c1-16(7-2-3-13(16)17)15(21)18-8-6-10-4-5-11(14(19)20)9-12(10)18/h4-5,9,13H,2-3,6-8,17H2,1H3,(H,19,20). The Balaban J connectivity index is 1.95. The summed E-state index contributed by atoms with van der Waals surface area (Å²) >= 11 is 0. The lowest BCUT2D eigenvalue weighted by atomic mass is 9.83. The number of rotatable bonds is 2. The average Bonchev–Trinajstić information content (AvgIpc) is 3.02. The van der Waals surface area contributed by atoms with Crippen LogP contribution in [0.15, 0.2) is 18.2 Å². The molecule has 1 aliphatic carbocycles. The Morgan fingerprint density at radius 1 is 1.43 bits per heavy atom. The van der Waals surface area contributed by atoms with Crippen LogP contribution in [0.25, 0.3) is 0 Å². The van der Waals surface area contributed by atoms with Crippen LogP contribution in [-0.2, 0) is 11.2 Å². The summed E-state index contributed by atoms with van der Waals surface area (Å²) in [6.07, 6.45) is 3.42. The van der Waals surface area contributed by atoms with Crippen molar-refractivity contribution in [2.24, 2.45) is 11.1 Å². The molecule has 1 fully saturated rings. The van der Waals surface area contributed by atoms with Gasteiger partial charge in [-0.25, -0.2) is 4.79 Å². The predicted octanol–water partition coefficient (Wildman–Crippen LogP) is 1.79. The SMILES string of the molecule is CC1(C(=O)N2CCc3ccc(C(=O)O)cc32)CCCC1N. The van der Waals surface area contributed by atoms with Crippen molar-refractivity contribution in [3.63, 3.8) is 0 Å². The summed E-state index contributed by atoms with van der Waals surface area (Å²) in [5.41, 5.74) is 7.60. The summed E-state index contributed by atoms with van der Waals surface area (Å²) in [6, 6.07) is 4.89. The quantitative estimate of drug-likeness (QED) is 0.869. The minimum absolute atomic E-state index is 0.0359. The summed E-state index contributed by atoms with van der Waals surface area (Å²) in [5.74, 6) is -0.935. The number of nitrogens with zero attached hydrogens (tertiary/aromatic N) is 1. The zero-order valence-electron chi connectivity index (χ0n) is 12.1. The summed E-state index contributed by atoms with van der Waals surface area (Å²) in [6.45, 7) is 2.55. The minimum Gasteiger partial charge on any atom is -0.478 e. The Labute approximate surface area is 123 Å². The van der Waals surface area contributed by atoms with Crippen LogP contribution in [0.2, 0.25) is 0 Å². The van der Waals surface area contributed by atoms with Crippen LogP contribution >= 0.6 is 0 Å². The molecule has 1 aliphatic heterocycles. The van der Waals surface area contributed by atoms with Gasteiger partial charge in [0.2, 0.25) is 5.91 Å². The number of amides is 1. The van der Waals surface area contributed by atoms with E-state index in [0.717, 1.165) is 36.9 Å². The second-order valence-electron chi connectivity index (χ2n) is 6.27. The molecular weight excluding hydrogens is 268 g/mol. The first kappa shape index (κ1) is 14.1. The number of carboxylic acids is 1. The third kappa shape index (κ3) is 2.12. The normalized spacial score (nSPS) is 27.7. The topological polar surface area (TPSA) is 83.6 Å². The number of hydrogen-bond donors (Lipinski definition) is 2. The fourth-order valence-corrected chi connectivity index (χ4v) is 3.49. The molecule has 0 bridgehead atoms. The highest BCUT2D eigenvalue weighted by Gasteiger charge is 2.46. The number of hydrogen-bond acceptors (Lipinski definition) is 3. The van der Waals surface area contributed by atoms with Crippen molar-refractivity contribution in [2.45, 2.75) is 38.6 Å². The molecule has 2 atom stereocenters. The Morgan fingerprint density at radius 2 is 2.19 bits per heavy atom. The maximum absolute atomic E-state index is 12.9. The van der Waals surface area contributed by atoms with E-state index < -0.39 is 11.4 Å². The van der Waals surface area contributed by atoms with Crippen molar-refractivity contribution in [3.8, 4) is 0 Å². The number of benzene rings is 1. The lowest BCUT2D eigenvalue weighted by Gasteiger charge is -2.32. The molecule has 0 saturated heterocycles. The first-order valence-electron chi connectivity index (χ1n) is 7.37. The highest BCUT2D eigenvalue weighted by Crippen LogP contribution is 2.41. The molecule has 2 aliphatic rings. The molecule has 1 heterocycles. The second-order valence-corrected chi connectivity index (χ2v) is 6.27. The molecule has 0 radical (unpaired) electrons. The number of carbonyl (C=O) groups is 2. The van der Waals surface area contributed by atoms with Crippen molar-refractivity contribution < 1.29 is 14.7 Å². The Hall–Kier alpha value is -1.88. The van der Waals surface area contributed by atoms with Gasteiger partial charge in [0.15, 0.2) is 0 Å². The summed E-state index contributed by atoms with van der Waals surface area (Å²) in [4.78, 5) is 25.8. The lowest BCUT2D eigenvalue weighted by molar-refractivity contribution is -0.127. The molecule has 1 amide bonds. The lowest BCUT2D eigenvalue weighted by Crippen LogP contribution is -2.49. The van der Waals surface area contributed by atoms with E-state index in [2.05, 4.69) is 0 Å². The van der Waals surface area contributed by atoms with Gasteiger partial charge in [0, 0.05) is 18.3 Å². The molecule has 21 heavy (non-hydrogen) atoms. The fourth-order valence-electron chi connectivity index (χ4n) is 3.49. The maximum Gasteiger partial charge on any atom is 0.335 e.